The molecule has 2 atom stereocenters. The van der Waals surface area contributed by atoms with Crippen molar-refractivity contribution in [1.29, 1.82) is 0 Å². The fourth-order valence-electron chi connectivity index (χ4n) is 4.45. The van der Waals surface area contributed by atoms with E-state index in [-0.39, 0.29) is 6.10 Å². The van der Waals surface area contributed by atoms with Gasteiger partial charge in [-0.1, -0.05) is 29.3 Å². The lowest BCUT2D eigenvalue weighted by atomic mass is 10.1. The van der Waals surface area contributed by atoms with Crippen LogP contribution >= 0.6 is 23.2 Å². The van der Waals surface area contributed by atoms with Gasteiger partial charge in [0.2, 0.25) is 11.7 Å². The number of aromatic nitrogens is 4. The highest BCUT2D eigenvalue weighted by atomic mass is 35.5. The number of hydrogen-bond donors (Lipinski definition) is 0. The first-order valence-electron chi connectivity index (χ1n) is 12.5. The summed E-state index contributed by atoms with van der Waals surface area (Å²) >= 11 is 12.7. The number of rotatable bonds is 10. The SMILES string of the molecule is CCN(CC)c1nccc(-c2ccc(OCC3COC(Cn4ccnc4)(c4ccc(Cl)cc4Cl)O3)cc2)n1. The van der Waals surface area contributed by atoms with E-state index >= 15 is 0 Å². The maximum atomic E-state index is 6.56. The summed E-state index contributed by atoms with van der Waals surface area (Å²) in [5.41, 5.74) is 2.56. The average Bonchev–Trinajstić information content (AvgIpc) is 3.59. The summed E-state index contributed by atoms with van der Waals surface area (Å²) in [6, 6.07) is 15.1. The van der Waals surface area contributed by atoms with E-state index in [9.17, 15) is 0 Å². The van der Waals surface area contributed by atoms with E-state index in [0.29, 0.717) is 35.4 Å². The highest BCUT2D eigenvalue weighted by Crippen LogP contribution is 2.40. The molecule has 8 nitrogen and oxygen atoms in total. The first-order valence-corrected chi connectivity index (χ1v) is 13.3. The second-order valence-corrected chi connectivity index (χ2v) is 9.76. The molecule has 1 aliphatic rings. The summed E-state index contributed by atoms with van der Waals surface area (Å²) in [7, 11) is 0. The third-order valence-corrected chi connectivity index (χ3v) is 6.97. The van der Waals surface area contributed by atoms with Gasteiger partial charge in [0.1, 0.15) is 18.5 Å². The molecule has 0 bridgehead atoms. The summed E-state index contributed by atoms with van der Waals surface area (Å²) in [5, 5.41) is 1.02. The lowest BCUT2D eigenvalue weighted by molar-refractivity contribution is -0.189. The molecule has 0 saturated carbocycles. The van der Waals surface area contributed by atoms with E-state index < -0.39 is 5.79 Å². The normalized spacial score (nSPS) is 19.0. The Bertz CT molecular complexity index is 1350. The van der Waals surface area contributed by atoms with Crippen molar-refractivity contribution in [2.45, 2.75) is 32.3 Å². The molecule has 10 heteroatoms. The van der Waals surface area contributed by atoms with Gasteiger partial charge in [-0.3, -0.25) is 0 Å². The topological polar surface area (TPSA) is 74.5 Å². The molecular formula is C28H29Cl2N5O3. The molecule has 198 valence electrons. The minimum Gasteiger partial charge on any atom is -0.491 e. The third-order valence-electron chi connectivity index (χ3n) is 6.43. The average molecular weight is 554 g/mol. The number of benzene rings is 2. The molecule has 1 saturated heterocycles. The Morgan fingerprint density at radius 2 is 1.89 bits per heavy atom. The van der Waals surface area contributed by atoms with Crippen LogP contribution in [0.3, 0.4) is 0 Å². The molecule has 0 aliphatic carbocycles. The van der Waals surface area contributed by atoms with Gasteiger partial charge < -0.3 is 23.7 Å². The number of imidazole rings is 1. The van der Waals surface area contributed by atoms with Crippen LogP contribution in [0, 0.1) is 0 Å². The number of halogens is 2. The quantitative estimate of drug-likeness (QED) is 0.244. The van der Waals surface area contributed by atoms with Gasteiger partial charge in [0.15, 0.2) is 0 Å². The van der Waals surface area contributed by atoms with Crippen molar-refractivity contribution in [3.63, 3.8) is 0 Å². The molecule has 5 rings (SSSR count). The van der Waals surface area contributed by atoms with Crippen molar-refractivity contribution in [1.82, 2.24) is 19.5 Å². The lowest BCUT2D eigenvalue weighted by Gasteiger charge is -2.30. The van der Waals surface area contributed by atoms with Gasteiger partial charge in [0.25, 0.3) is 0 Å². The van der Waals surface area contributed by atoms with Crippen LogP contribution in [0.1, 0.15) is 19.4 Å². The molecule has 38 heavy (non-hydrogen) atoms. The van der Waals surface area contributed by atoms with E-state index in [0.717, 1.165) is 36.0 Å². The Balaban J connectivity index is 1.26. The van der Waals surface area contributed by atoms with Crippen molar-refractivity contribution in [2.75, 3.05) is 31.2 Å². The smallest absolute Gasteiger partial charge is 0.225 e. The third kappa shape index (κ3) is 5.78. The predicted molar refractivity (Wildman–Crippen MR) is 148 cm³/mol. The highest BCUT2D eigenvalue weighted by molar-refractivity contribution is 6.35. The molecule has 0 amide bonds. The highest BCUT2D eigenvalue weighted by Gasteiger charge is 2.45. The van der Waals surface area contributed by atoms with Crippen LogP contribution in [0.5, 0.6) is 5.75 Å². The van der Waals surface area contributed by atoms with Crippen molar-refractivity contribution in [3.8, 4) is 17.0 Å². The lowest BCUT2D eigenvalue weighted by Crippen LogP contribution is -2.34. The van der Waals surface area contributed by atoms with E-state index in [1.54, 1.807) is 30.9 Å². The molecule has 1 aliphatic heterocycles. The van der Waals surface area contributed by atoms with Gasteiger partial charge in [0, 0.05) is 47.8 Å². The van der Waals surface area contributed by atoms with E-state index in [4.69, 9.17) is 42.4 Å². The second-order valence-electron chi connectivity index (χ2n) is 8.91. The Hall–Kier alpha value is -3.17. The minimum absolute atomic E-state index is 0.302. The fourth-order valence-corrected chi connectivity index (χ4v) is 5.01. The van der Waals surface area contributed by atoms with Crippen LogP contribution in [0.2, 0.25) is 10.0 Å². The zero-order valence-electron chi connectivity index (χ0n) is 21.3. The molecule has 2 aromatic heterocycles. The van der Waals surface area contributed by atoms with Crippen LogP contribution in [-0.2, 0) is 21.8 Å². The Kier molecular flexibility index (Phi) is 8.14. The van der Waals surface area contributed by atoms with Gasteiger partial charge in [-0.25, -0.2) is 15.0 Å². The summed E-state index contributed by atoms with van der Waals surface area (Å²) in [5.74, 6) is 0.369. The Morgan fingerprint density at radius 1 is 1.08 bits per heavy atom. The van der Waals surface area contributed by atoms with Crippen LogP contribution in [0.4, 0.5) is 5.95 Å². The number of anilines is 1. The molecule has 2 aromatic carbocycles. The van der Waals surface area contributed by atoms with Crippen LogP contribution < -0.4 is 9.64 Å². The molecule has 0 N–H and O–H groups in total. The van der Waals surface area contributed by atoms with E-state index in [2.05, 4.69) is 28.7 Å². The summed E-state index contributed by atoms with van der Waals surface area (Å²) < 4.78 is 20.7. The van der Waals surface area contributed by atoms with Crippen molar-refractivity contribution in [2.24, 2.45) is 0 Å². The van der Waals surface area contributed by atoms with Gasteiger partial charge in [-0.2, -0.15) is 0 Å². The minimum atomic E-state index is -1.09. The maximum absolute atomic E-state index is 6.56. The summed E-state index contributed by atoms with van der Waals surface area (Å²) in [6.07, 6.45) is 6.77. The predicted octanol–water partition coefficient (Wildman–Crippen LogP) is 5.84. The standard InChI is InChI=1S/C28H29Cl2N5O3/c1-3-35(4-2)27-32-12-11-26(33-27)20-5-8-22(9-6-20)36-16-23-17-37-28(38-23,18-34-14-13-31-19-34)24-10-7-21(29)15-25(24)30/h5-15,19,23H,3-4,16-18H2,1-2H3. The first-order chi connectivity index (χ1) is 18.5. The molecule has 1 fully saturated rings. The van der Waals surface area contributed by atoms with E-state index in [1.807, 2.05) is 47.2 Å². The molecule has 3 heterocycles. The summed E-state index contributed by atoms with van der Waals surface area (Å²) in [6.45, 7) is 6.94. The number of hydrogen-bond acceptors (Lipinski definition) is 7. The van der Waals surface area contributed by atoms with Crippen molar-refractivity contribution < 1.29 is 14.2 Å². The molecule has 4 aromatic rings. The van der Waals surface area contributed by atoms with Crippen molar-refractivity contribution >= 4 is 29.2 Å². The number of ether oxygens (including phenoxy) is 3. The van der Waals surface area contributed by atoms with Crippen molar-refractivity contribution in [3.05, 3.63) is 89.1 Å². The zero-order valence-corrected chi connectivity index (χ0v) is 22.8. The monoisotopic (exact) mass is 553 g/mol. The van der Waals surface area contributed by atoms with Gasteiger partial charge in [0.05, 0.1) is 30.2 Å². The largest absolute Gasteiger partial charge is 0.491 e. The van der Waals surface area contributed by atoms with Gasteiger partial charge in [-0.15, -0.1) is 0 Å². The van der Waals surface area contributed by atoms with Crippen LogP contribution in [0.15, 0.2) is 73.4 Å². The zero-order chi connectivity index (χ0) is 26.5. The molecular weight excluding hydrogens is 525 g/mol. The van der Waals surface area contributed by atoms with Crippen LogP contribution in [-0.4, -0.2) is 51.9 Å². The van der Waals surface area contributed by atoms with Crippen LogP contribution in [0.25, 0.3) is 11.3 Å². The second kappa shape index (κ2) is 11.7. The molecule has 0 spiro atoms. The summed E-state index contributed by atoms with van der Waals surface area (Å²) in [4.78, 5) is 15.4. The molecule has 2 unspecified atom stereocenters. The maximum Gasteiger partial charge on any atom is 0.225 e. The van der Waals surface area contributed by atoms with Gasteiger partial charge >= 0.3 is 0 Å². The molecule has 0 radical (unpaired) electrons. The number of nitrogens with zero attached hydrogens (tertiary/aromatic N) is 5. The van der Waals surface area contributed by atoms with E-state index in [1.165, 1.54) is 0 Å². The van der Waals surface area contributed by atoms with Gasteiger partial charge in [-0.05, 0) is 56.3 Å². The fraction of sp³-hybridized carbons (Fsp3) is 0.321. The Labute approximate surface area is 232 Å². The first kappa shape index (κ1) is 26.4. The Morgan fingerprint density at radius 3 is 2.61 bits per heavy atom.